The number of unbranched alkanes of at least 4 members (excludes halogenated alkanes) is 1. The zero-order valence-electron chi connectivity index (χ0n) is 21.5. The summed E-state index contributed by atoms with van der Waals surface area (Å²) in [7, 11) is 1.62. The minimum Gasteiger partial charge on any atom is -0.497 e. The number of methoxy groups -OCH3 is 1. The van der Waals surface area contributed by atoms with E-state index < -0.39 is 6.04 Å². The average Bonchev–Trinajstić information content (AvgIpc) is 2.92. The van der Waals surface area contributed by atoms with Gasteiger partial charge in [0.2, 0.25) is 11.8 Å². The number of nitrogens with one attached hydrogen (secondary N) is 1. The standard InChI is InChI=1S/C30H35ClN2O3S/c1-3-4-17-32-30(35)28(19-23-11-6-5-7-12-23)33(20-24-13-10-15-26(18-24)36-2)29(34)22-37-21-25-14-8-9-16-27(25)31/h5-16,18,28H,3-4,17,19-22H2,1-2H3,(H,32,35)/t28-/m0/s1. The Morgan fingerprint density at radius 1 is 1.00 bits per heavy atom. The number of hydrogen-bond donors (Lipinski definition) is 1. The van der Waals surface area contributed by atoms with Crippen molar-refractivity contribution in [3.63, 3.8) is 0 Å². The molecule has 196 valence electrons. The van der Waals surface area contributed by atoms with Crippen LogP contribution in [0.5, 0.6) is 5.75 Å². The molecule has 0 unspecified atom stereocenters. The van der Waals surface area contributed by atoms with Crippen molar-refractivity contribution in [2.75, 3.05) is 19.4 Å². The summed E-state index contributed by atoms with van der Waals surface area (Å²) in [5.74, 6) is 1.34. The van der Waals surface area contributed by atoms with E-state index in [4.69, 9.17) is 16.3 Å². The van der Waals surface area contributed by atoms with Crippen LogP contribution in [0.1, 0.15) is 36.5 Å². The molecule has 1 atom stereocenters. The molecule has 5 nitrogen and oxygen atoms in total. The van der Waals surface area contributed by atoms with E-state index in [1.165, 1.54) is 11.8 Å². The number of nitrogens with zero attached hydrogens (tertiary/aromatic N) is 1. The van der Waals surface area contributed by atoms with Crippen molar-refractivity contribution in [2.45, 2.75) is 44.5 Å². The second-order valence-corrected chi connectivity index (χ2v) is 10.2. The van der Waals surface area contributed by atoms with Crippen LogP contribution < -0.4 is 10.1 Å². The minimum absolute atomic E-state index is 0.0913. The lowest BCUT2D eigenvalue weighted by Crippen LogP contribution is -2.51. The first-order valence-electron chi connectivity index (χ1n) is 12.6. The Labute approximate surface area is 229 Å². The van der Waals surface area contributed by atoms with Gasteiger partial charge in [-0.2, -0.15) is 0 Å². The third-order valence-corrected chi connectivity index (χ3v) is 7.36. The first-order chi connectivity index (χ1) is 18.0. The van der Waals surface area contributed by atoms with Gasteiger partial charge in [-0.3, -0.25) is 9.59 Å². The molecule has 0 aliphatic heterocycles. The lowest BCUT2D eigenvalue weighted by molar-refractivity contribution is -0.139. The second kappa shape index (κ2) is 15.3. The van der Waals surface area contributed by atoms with Crippen LogP contribution in [0.4, 0.5) is 0 Å². The van der Waals surface area contributed by atoms with E-state index in [0.29, 0.717) is 36.0 Å². The number of benzene rings is 3. The third-order valence-electron chi connectivity index (χ3n) is 6.03. The number of thioether (sulfide) groups is 1. The fraction of sp³-hybridized carbons (Fsp3) is 0.333. The average molecular weight is 539 g/mol. The first kappa shape index (κ1) is 28.6. The molecular formula is C30H35ClN2O3S. The van der Waals surface area contributed by atoms with Crippen molar-refractivity contribution in [1.82, 2.24) is 10.2 Å². The van der Waals surface area contributed by atoms with Crippen molar-refractivity contribution in [3.8, 4) is 5.75 Å². The summed E-state index contributed by atoms with van der Waals surface area (Å²) in [6.07, 6.45) is 2.31. The highest BCUT2D eigenvalue weighted by Crippen LogP contribution is 2.23. The molecule has 0 fully saturated rings. The molecule has 7 heteroatoms. The highest BCUT2D eigenvalue weighted by Gasteiger charge is 2.30. The zero-order valence-corrected chi connectivity index (χ0v) is 23.1. The summed E-state index contributed by atoms with van der Waals surface area (Å²) in [4.78, 5) is 28.9. The fourth-order valence-corrected chi connectivity index (χ4v) is 5.17. The van der Waals surface area contributed by atoms with Crippen LogP contribution in [0.2, 0.25) is 5.02 Å². The van der Waals surface area contributed by atoms with Crippen molar-refractivity contribution in [3.05, 3.63) is 101 Å². The molecule has 3 aromatic rings. The molecular weight excluding hydrogens is 504 g/mol. The summed E-state index contributed by atoms with van der Waals surface area (Å²) < 4.78 is 5.39. The maximum absolute atomic E-state index is 13.7. The Bertz CT molecular complexity index is 1140. The maximum Gasteiger partial charge on any atom is 0.243 e. The van der Waals surface area contributed by atoms with Gasteiger partial charge in [0.05, 0.1) is 12.9 Å². The molecule has 0 aliphatic rings. The lowest BCUT2D eigenvalue weighted by Gasteiger charge is -2.31. The summed E-state index contributed by atoms with van der Waals surface area (Å²) >= 11 is 7.81. The topological polar surface area (TPSA) is 58.6 Å². The fourth-order valence-electron chi connectivity index (χ4n) is 3.97. The van der Waals surface area contributed by atoms with E-state index in [-0.39, 0.29) is 17.6 Å². The minimum atomic E-state index is -0.640. The molecule has 2 amide bonds. The van der Waals surface area contributed by atoms with Crippen molar-refractivity contribution in [1.29, 1.82) is 0 Å². The van der Waals surface area contributed by atoms with E-state index in [1.807, 2.05) is 78.9 Å². The smallest absolute Gasteiger partial charge is 0.243 e. The summed E-state index contributed by atoms with van der Waals surface area (Å²) in [5.41, 5.74) is 2.90. The van der Waals surface area contributed by atoms with Crippen LogP contribution in [0.15, 0.2) is 78.9 Å². The number of hydrogen-bond acceptors (Lipinski definition) is 4. The lowest BCUT2D eigenvalue weighted by atomic mass is 10.0. The number of halogens is 1. The van der Waals surface area contributed by atoms with Crippen molar-refractivity contribution < 1.29 is 14.3 Å². The Morgan fingerprint density at radius 2 is 1.73 bits per heavy atom. The molecule has 0 heterocycles. The van der Waals surface area contributed by atoms with Gasteiger partial charge in [-0.15, -0.1) is 11.8 Å². The molecule has 3 aromatic carbocycles. The number of ether oxygens (including phenoxy) is 1. The van der Waals surface area contributed by atoms with E-state index in [1.54, 1.807) is 12.0 Å². The van der Waals surface area contributed by atoms with Gasteiger partial charge in [-0.25, -0.2) is 0 Å². The highest BCUT2D eigenvalue weighted by atomic mass is 35.5. The molecule has 0 bridgehead atoms. The van der Waals surface area contributed by atoms with Gasteiger partial charge in [-0.1, -0.05) is 85.6 Å². The number of carbonyl (C=O) groups excluding carboxylic acids is 2. The monoisotopic (exact) mass is 538 g/mol. The Hall–Kier alpha value is -2.96. The molecule has 0 aliphatic carbocycles. The second-order valence-electron chi connectivity index (χ2n) is 8.81. The van der Waals surface area contributed by atoms with Crippen LogP contribution in [0, 0.1) is 0 Å². The Kier molecular flexibility index (Phi) is 11.9. The quantitative estimate of drug-likeness (QED) is 0.250. The molecule has 0 saturated carbocycles. The van der Waals surface area contributed by atoms with Crippen LogP contribution in [-0.2, 0) is 28.3 Å². The highest BCUT2D eigenvalue weighted by molar-refractivity contribution is 7.99. The zero-order chi connectivity index (χ0) is 26.5. The number of rotatable bonds is 14. The van der Waals surface area contributed by atoms with E-state index in [9.17, 15) is 9.59 Å². The largest absolute Gasteiger partial charge is 0.497 e. The van der Waals surface area contributed by atoms with Crippen LogP contribution in [0.3, 0.4) is 0 Å². The maximum atomic E-state index is 13.7. The number of carbonyl (C=O) groups is 2. The van der Waals surface area contributed by atoms with Gasteiger partial charge in [-0.05, 0) is 41.3 Å². The molecule has 3 rings (SSSR count). The summed E-state index contributed by atoms with van der Waals surface area (Å²) in [5, 5.41) is 3.74. The molecule has 37 heavy (non-hydrogen) atoms. The third kappa shape index (κ3) is 9.13. The van der Waals surface area contributed by atoms with Gasteiger partial charge in [0, 0.05) is 30.3 Å². The van der Waals surface area contributed by atoms with Gasteiger partial charge in [0.1, 0.15) is 11.8 Å². The SMILES string of the molecule is CCCCNC(=O)[C@H](Cc1ccccc1)N(Cc1cccc(OC)c1)C(=O)CSCc1ccccc1Cl. The predicted molar refractivity (Wildman–Crippen MR) is 153 cm³/mol. The predicted octanol–water partition coefficient (Wildman–Crippen LogP) is 6.14. The van der Waals surface area contributed by atoms with Crippen LogP contribution in [0.25, 0.3) is 0 Å². The molecule has 1 N–H and O–H groups in total. The van der Waals surface area contributed by atoms with Crippen molar-refractivity contribution in [2.24, 2.45) is 0 Å². The number of amides is 2. The molecule has 0 spiro atoms. The normalized spacial score (nSPS) is 11.5. The summed E-state index contributed by atoms with van der Waals surface area (Å²) in [6.45, 7) is 2.98. The van der Waals surface area contributed by atoms with Crippen LogP contribution in [-0.4, -0.2) is 42.2 Å². The Morgan fingerprint density at radius 3 is 2.46 bits per heavy atom. The van der Waals surface area contributed by atoms with E-state index in [2.05, 4.69) is 12.2 Å². The Balaban J connectivity index is 1.85. The first-order valence-corrected chi connectivity index (χ1v) is 14.1. The molecule has 0 saturated heterocycles. The summed E-state index contributed by atoms with van der Waals surface area (Å²) in [6, 6.07) is 24.5. The molecule has 0 aromatic heterocycles. The molecule has 0 radical (unpaired) electrons. The van der Waals surface area contributed by atoms with Gasteiger partial charge in [0.15, 0.2) is 0 Å². The van der Waals surface area contributed by atoms with Gasteiger partial charge >= 0.3 is 0 Å². The van der Waals surface area contributed by atoms with E-state index >= 15 is 0 Å². The van der Waals surface area contributed by atoms with E-state index in [0.717, 1.165) is 29.5 Å². The van der Waals surface area contributed by atoms with Gasteiger partial charge < -0.3 is 15.0 Å². The van der Waals surface area contributed by atoms with Crippen molar-refractivity contribution >= 4 is 35.2 Å². The van der Waals surface area contributed by atoms with Gasteiger partial charge in [0.25, 0.3) is 0 Å². The van der Waals surface area contributed by atoms with Crippen LogP contribution >= 0.6 is 23.4 Å².